The van der Waals surface area contributed by atoms with Crippen LogP contribution in [0.25, 0.3) is 10.1 Å². The van der Waals surface area contributed by atoms with Gasteiger partial charge in [-0.3, -0.25) is 0 Å². The minimum atomic E-state index is 0.332. The summed E-state index contributed by atoms with van der Waals surface area (Å²) in [5.41, 5.74) is 2.72. The lowest BCUT2D eigenvalue weighted by Gasteiger charge is -2.29. The van der Waals surface area contributed by atoms with E-state index in [4.69, 9.17) is 4.74 Å². The van der Waals surface area contributed by atoms with E-state index in [-0.39, 0.29) is 0 Å². The molecule has 0 N–H and O–H groups in total. The zero-order valence-electron chi connectivity index (χ0n) is 11.5. The van der Waals surface area contributed by atoms with Gasteiger partial charge in [0.25, 0.3) is 0 Å². The lowest BCUT2D eigenvalue weighted by Crippen LogP contribution is -2.17. The number of ether oxygens (including phenoxy) is 1. The van der Waals surface area contributed by atoms with Crippen molar-refractivity contribution in [1.29, 1.82) is 0 Å². The summed E-state index contributed by atoms with van der Waals surface area (Å²) in [6.07, 6.45) is 1.05. The first-order valence-electron chi connectivity index (χ1n) is 7.16. The van der Waals surface area contributed by atoms with Crippen LogP contribution in [0.1, 0.15) is 28.3 Å². The molecule has 2 heterocycles. The molecule has 4 rings (SSSR count). The van der Waals surface area contributed by atoms with E-state index in [1.807, 2.05) is 17.4 Å². The molecule has 2 unspecified atom stereocenters. The maximum atomic E-state index is 5.79. The molecule has 0 amide bonds. The zero-order chi connectivity index (χ0) is 14.2. The van der Waals surface area contributed by atoms with Crippen molar-refractivity contribution in [3.05, 3.63) is 65.0 Å². The van der Waals surface area contributed by atoms with Gasteiger partial charge >= 0.3 is 0 Å². The van der Waals surface area contributed by atoms with Gasteiger partial charge in [-0.05, 0) is 40.4 Å². The van der Waals surface area contributed by atoms with Gasteiger partial charge < -0.3 is 4.74 Å². The predicted octanol–water partition coefficient (Wildman–Crippen LogP) is 5.90. The zero-order valence-corrected chi connectivity index (χ0v) is 13.9. The molecule has 0 aliphatic carbocycles. The van der Waals surface area contributed by atoms with Crippen LogP contribution in [0.15, 0.2) is 53.9 Å². The fraction of sp³-hybridized carbons (Fsp3) is 0.222. The largest absolute Gasteiger partial charge is 0.493 e. The van der Waals surface area contributed by atoms with Crippen molar-refractivity contribution in [3.8, 4) is 5.75 Å². The Morgan fingerprint density at radius 2 is 1.90 bits per heavy atom. The minimum Gasteiger partial charge on any atom is -0.493 e. The van der Waals surface area contributed by atoms with Gasteiger partial charge in [-0.2, -0.15) is 0 Å². The first-order valence-corrected chi connectivity index (χ1v) is 8.96. The van der Waals surface area contributed by atoms with Crippen molar-refractivity contribution >= 4 is 37.4 Å². The van der Waals surface area contributed by atoms with Crippen molar-refractivity contribution in [2.75, 3.05) is 6.61 Å². The van der Waals surface area contributed by atoms with Crippen LogP contribution in [0.4, 0.5) is 0 Å². The Morgan fingerprint density at radius 3 is 2.86 bits per heavy atom. The van der Waals surface area contributed by atoms with Crippen molar-refractivity contribution in [3.63, 3.8) is 0 Å². The molecule has 0 fully saturated rings. The minimum absolute atomic E-state index is 0.332. The summed E-state index contributed by atoms with van der Waals surface area (Å²) in [7, 11) is 0. The van der Waals surface area contributed by atoms with E-state index in [9.17, 15) is 0 Å². The van der Waals surface area contributed by atoms with Crippen molar-refractivity contribution in [2.45, 2.75) is 17.2 Å². The molecule has 0 bridgehead atoms. The lowest BCUT2D eigenvalue weighted by molar-refractivity contribution is 0.266. The second kappa shape index (κ2) is 5.47. The molecule has 106 valence electrons. The molecule has 3 aromatic rings. The van der Waals surface area contributed by atoms with Gasteiger partial charge in [0.1, 0.15) is 5.75 Å². The van der Waals surface area contributed by atoms with Crippen molar-refractivity contribution < 1.29 is 4.74 Å². The van der Waals surface area contributed by atoms with E-state index < -0.39 is 0 Å². The molecule has 2 aromatic carbocycles. The number of alkyl halides is 1. The third-order valence-electron chi connectivity index (χ3n) is 4.17. The summed E-state index contributed by atoms with van der Waals surface area (Å²) in [5.74, 6) is 1.51. The van der Waals surface area contributed by atoms with Gasteiger partial charge in [0, 0.05) is 15.4 Å². The third kappa shape index (κ3) is 2.29. The number of fused-ring (bicyclic) bond motifs is 2. The van der Waals surface area contributed by atoms with Gasteiger partial charge in [0.2, 0.25) is 0 Å². The van der Waals surface area contributed by atoms with Gasteiger partial charge in [-0.15, -0.1) is 11.3 Å². The van der Waals surface area contributed by atoms with Crippen molar-refractivity contribution in [1.82, 2.24) is 0 Å². The van der Waals surface area contributed by atoms with E-state index in [1.54, 1.807) is 0 Å². The summed E-state index contributed by atoms with van der Waals surface area (Å²) >= 11 is 5.80. The highest BCUT2D eigenvalue weighted by molar-refractivity contribution is 9.09. The van der Waals surface area contributed by atoms with Gasteiger partial charge in [-0.25, -0.2) is 0 Å². The fourth-order valence-electron chi connectivity index (χ4n) is 3.10. The Balaban J connectivity index is 1.77. The predicted molar refractivity (Wildman–Crippen MR) is 92.8 cm³/mol. The van der Waals surface area contributed by atoms with Crippen LogP contribution in [-0.4, -0.2) is 6.61 Å². The third-order valence-corrected chi connectivity index (χ3v) is 6.28. The molecule has 0 saturated heterocycles. The molecule has 3 heteroatoms. The Bertz CT molecular complexity index is 779. The molecule has 1 aliphatic heterocycles. The van der Waals surface area contributed by atoms with E-state index in [1.165, 1.54) is 21.2 Å². The molecule has 21 heavy (non-hydrogen) atoms. The average Bonchev–Trinajstić information content (AvgIpc) is 2.98. The highest BCUT2D eigenvalue weighted by atomic mass is 79.9. The van der Waals surface area contributed by atoms with Crippen LogP contribution in [-0.2, 0) is 0 Å². The van der Waals surface area contributed by atoms with Gasteiger partial charge in [0.05, 0.1) is 6.61 Å². The Kier molecular flexibility index (Phi) is 3.48. The van der Waals surface area contributed by atoms with E-state index >= 15 is 0 Å². The maximum absolute atomic E-state index is 5.79. The topological polar surface area (TPSA) is 9.23 Å². The lowest BCUT2D eigenvalue weighted by atomic mass is 9.87. The van der Waals surface area contributed by atoms with Crippen LogP contribution < -0.4 is 4.74 Å². The van der Waals surface area contributed by atoms with Gasteiger partial charge in [0.15, 0.2) is 0 Å². The van der Waals surface area contributed by atoms with Crippen LogP contribution in [0, 0.1) is 0 Å². The molecule has 0 radical (unpaired) electrons. The number of halogens is 1. The molecule has 2 atom stereocenters. The summed E-state index contributed by atoms with van der Waals surface area (Å²) in [5, 5.41) is 3.66. The molecular formula is C18H15BrOS. The summed E-state index contributed by atoms with van der Waals surface area (Å²) in [4.78, 5) is 0.332. The monoisotopic (exact) mass is 358 g/mol. The Hall–Kier alpha value is -1.32. The first-order chi connectivity index (χ1) is 10.3. The fourth-order valence-corrected chi connectivity index (χ4v) is 5.20. The quantitative estimate of drug-likeness (QED) is 0.518. The van der Waals surface area contributed by atoms with E-state index in [0.29, 0.717) is 10.7 Å². The molecule has 0 spiro atoms. The summed E-state index contributed by atoms with van der Waals surface area (Å²) in [6.45, 7) is 0.797. The molecule has 1 nitrogen and oxygen atoms in total. The molecule has 1 aliphatic rings. The van der Waals surface area contributed by atoms with Crippen LogP contribution in [0.3, 0.4) is 0 Å². The number of hydrogen-bond acceptors (Lipinski definition) is 2. The number of rotatable bonds is 2. The van der Waals surface area contributed by atoms with Gasteiger partial charge in [-0.1, -0.05) is 52.3 Å². The Labute approximate surface area is 136 Å². The van der Waals surface area contributed by atoms with E-state index in [2.05, 4.69) is 63.8 Å². The van der Waals surface area contributed by atoms with Crippen LogP contribution in [0.5, 0.6) is 5.75 Å². The standard InChI is InChI=1S/C18H15BrOS/c19-18(15-11-21-17-8-4-2-6-13(15)17)14-9-10-20-16-7-3-1-5-12(14)16/h1-8,11,14,18H,9-10H2. The van der Waals surface area contributed by atoms with Crippen LogP contribution >= 0.6 is 27.3 Å². The highest BCUT2D eigenvalue weighted by Gasteiger charge is 2.29. The van der Waals surface area contributed by atoms with Crippen molar-refractivity contribution in [2.24, 2.45) is 0 Å². The normalized spacial score (nSPS) is 19.0. The maximum Gasteiger partial charge on any atom is 0.122 e. The molecular weight excluding hydrogens is 344 g/mol. The number of hydrogen-bond donors (Lipinski definition) is 0. The number of benzene rings is 2. The summed E-state index contributed by atoms with van der Waals surface area (Å²) < 4.78 is 7.15. The molecule has 0 saturated carbocycles. The number of thiophene rings is 1. The SMILES string of the molecule is BrC(c1csc2ccccc12)C1CCOc2ccccc21. The van der Waals surface area contributed by atoms with E-state index in [0.717, 1.165) is 18.8 Å². The molecule has 1 aromatic heterocycles. The smallest absolute Gasteiger partial charge is 0.122 e. The first kappa shape index (κ1) is 13.4. The van der Waals surface area contributed by atoms with Crippen LogP contribution in [0.2, 0.25) is 0 Å². The Morgan fingerprint density at radius 1 is 1.10 bits per heavy atom. The summed E-state index contributed by atoms with van der Waals surface area (Å²) in [6, 6.07) is 17.1. The number of para-hydroxylation sites is 1. The second-order valence-electron chi connectivity index (χ2n) is 5.37. The highest BCUT2D eigenvalue weighted by Crippen LogP contribution is 2.48. The second-order valence-corrected chi connectivity index (χ2v) is 7.27. The average molecular weight is 359 g/mol.